The second kappa shape index (κ2) is 5.64. The number of aromatic nitrogens is 1. The second-order valence-corrected chi connectivity index (χ2v) is 4.44. The van der Waals surface area contributed by atoms with Crippen molar-refractivity contribution in [1.29, 1.82) is 5.26 Å². The zero-order valence-electron chi connectivity index (χ0n) is 11.6. The third kappa shape index (κ3) is 2.83. The molecule has 2 aromatic rings. The number of benzene rings is 1. The first-order valence-corrected chi connectivity index (χ1v) is 6.07. The Labute approximate surface area is 127 Å². The monoisotopic (exact) mass is 327 g/mol. The highest BCUT2D eigenvalue weighted by Gasteiger charge is 2.34. The molecule has 0 unspecified atom stereocenters. The number of alkyl halides is 3. The van der Waals surface area contributed by atoms with Crippen LogP contribution in [0, 0.1) is 17.1 Å². The molecule has 0 aliphatic rings. The van der Waals surface area contributed by atoms with Crippen molar-refractivity contribution >= 4 is 11.7 Å². The van der Waals surface area contributed by atoms with E-state index in [1.165, 1.54) is 0 Å². The predicted molar refractivity (Wildman–Crippen MR) is 71.2 cm³/mol. The smallest absolute Gasteiger partial charge is 0.419 e. The lowest BCUT2D eigenvalue weighted by atomic mass is 10.1. The Bertz CT molecular complexity index is 819. The largest absolute Gasteiger partial charge is 0.464 e. The Morgan fingerprint density at radius 3 is 2.57 bits per heavy atom. The molecule has 0 bridgehead atoms. The lowest BCUT2D eigenvalue weighted by Crippen LogP contribution is -2.13. The van der Waals surface area contributed by atoms with Crippen LogP contribution in [0.15, 0.2) is 24.4 Å². The molecule has 1 heterocycles. The molecule has 2 rings (SSSR count). The topological polar surface area (TPSA) is 81.0 Å². The minimum atomic E-state index is -4.91. The van der Waals surface area contributed by atoms with Gasteiger partial charge in [-0.3, -0.25) is 0 Å². The van der Waals surface area contributed by atoms with Crippen molar-refractivity contribution < 1.29 is 27.1 Å². The van der Waals surface area contributed by atoms with Gasteiger partial charge in [0.25, 0.3) is 0 Å². The fourth-order valence-corrected chi connectivity index (χ4v) is 2.00. The van der Waals surface area contributed by atoms with Crippen molar-refractivity contribution in [1.82, 2.24) is 4.57 Å². The van der Waals surface area contributed by atoms with E-state index in [0.717, 1.165) is 23.9 Å². The molecule has 0 aliphatic heterocycles. The second-order valence-electron chi connectivity index (χ2n) is 4.44. The maximum Gasteiger partial charge on any atom is 0.419 e. The van der Waals surface area contributed by atoms with Gasteiger partial charge in [0.2, 0.25) is 0 Å². The van der Waals surface area contributed by atoms with Crippen LogP contribution >= 0.6 is 0 Å². The van der Waals surface area contributed by atoms with Gasteiger partial charge in [0.1, 0.15) is 11.9 Å². The summed E-state index contributed by atoms with van der Waals surface area (Å²) in [5.41, 5.74) is 3.27. The molecule has 1 aromatic heterocycles. The van der Waals surface area contributed by atoms with Gasteiger partial charge in [0.05, 0.1) is 23.9 Å². The number of nitriles is 1. The number of carbonyl (C=O) groups excluding carboxylic acids is 1. The summed E-state index contributed by atoms with van der Waals surface area (Å²) >= 11 is 0. The molecule has 0 aliphatic carbocycles. The standard InChI is InChI=1S/C14H9F4N3O2/c1-23-13(22)12-11(20)7(5-19)6-21(12)8-2-3-10(15)9(4-8)14(16,17)18/h2-4,6H,20H2,1H3. The highest BCUT2D eigenvalue weighted by atomic mass is 19.4. The van der Waals surface area contributed by atoms with E-state index < -0.39 is 23.5 Å². The molecule has 0 atom stereocenters. The highest BCUT2D eigenvalue weighted by Crippen LogP contribution is 2.34. The maximum absolute atomic E-state index is 13.4. The number of hydrogen-bond donors (Lipinski definition) is 1. The number of ether oxygens (including phenoxy) is 1. The van der Waals surface area contributed by atoms with E-state index in [1.807, 2.05) is 0 Å². The molecule has 9 heteroatoms. The lowest BCUT2D eigenvalue weighted by Gasteiger charge is -2.12. The number of methoxy groups -OCH3 is 1. The summed E-state index contributed by atoms with van der Waals surface area (Å²) in [4.78, 5) is 11.8. The Balaban J connectivity index is 2.73. The summed E-state index contributed by atoms with van der Waals surface area (Å²) in [5.74, 6) is -2.40. The first-order valence-electron chi connectivity index (χ1n) is 6.07. The van der Waals surface area contributed by atoms with Crippen LogP contribution in [-0.2, 0) is 10.9 Å². The number of nitrogens with two attached hydrogens (primary N) is 1. The fraction of sp³-hybridized carbons (Fsp3) is 0.143. The van der Waals surface area contributed by atoms with Gasteiger partial charge < -0.3 is 15.0 Å². The van der Waals surface area contributed by atoms with Gasteiger partial charge in [-0.25, -0.2) is 9.18 Å². The van der Waals surface area contributed by atoms with Crippen LogP contribution in [0.25, 0.3) is 5.69 Å². The molecule has 0 saturated carbocycles. The van der Waals surface area contributed by atoms with E-state index in [4.69, 9.17) is 11.0 Å². The molecule has 23 heavy (non-hydrogen) atoms. The lowest BCUT2D eigenvalue weighted by molar-refractivity contribution is -0.140. The van der Waals surface area contributed by atoms with Crippen molar-refractivity contribution in [3.8, 4) is 11.8 Å². The van der Waals surface area contributed by atoms with E-state index in [-0.39, 0.29) is 22.6 Å². The third-order valence-corrected chi connectivity index (χ3v) is 3.08. The van der Waals surface area contributed by atoms with Crippen molar-refractivity contribution in [2.45, 2.75) is 6.18 Å². The number of anilines is 1. The molecular weight excluding hydrogens is 318 g/mol. The van der Waals surface area contributed by atoms with Gasteiger partial charge in [-0.2, -0.15) is 18.4 Å². The number of esters is 1. The van der Waals surface area contributed by atoms with Crippen LogP contribution in [-0.4, -0.2) is 17.6 Å². The summed E-state index contributed by atoms with van der Waals surface area (Å²) in [6.07, 6.45) is -3.84. The Hall–Kier alpha value is -3.02. The fourth-order valence-electron chi connectivity index (χ4n) is 2.00. The molecule has 0 radical (unpaired) electrons. The molecule has 1 aromatic carbocycles. The van der Waals surface area contributed by atoms with E-state index in [2.05, 4.69) is 4.74 Å². The van der Waals surface area contributed by atoms with Crippen LogP contribution in [0.1, 0.15) is 21.6 Å². The molecule has 2 N–H and O–H groups in total. The summed E-state index contributed by atoms with van der Waals surface area (Å²) in [7, 11) is 1.05. The Morgan fingerprint density at radius 2 is 2.04 bits per heavy atom. The van der Waals surface area contributed by atoms with Crippen molar-refractivity contribution in [2.75, 3.05) is 12.8 Å². The van der Waals surface area contributed by atoms with Gasteiger partial charge in [-0.05, 0) is 18.2 Å². The molecular formula is C14H9F4N3O2. The number of carbonyl (C=O) groups is 1. The van der Waals surface area contributed by atoms with E-state index in [9.17, 15) is 22.4 Å². The highest BCUT2D eigenvalue weighted by molar-refractivity contribution is 5.95. The van der Waals surface area contributed by atoms with Gasteiger partial charge in [-0.1, -0.05) is 0 Å². The van der Waals surface area contributed by atoms with Gasteiger partial charge in [0, 0.05) is 11.9 Å². The van der Waals surface area contributed by atoms with Gasteiger partial charge in [-0.15, -0.1) is 0 Å². The molecule has 120 valence electrons. The summed E-state index contributed by atoms with van der Waals surface area (Å²) in [6, 6.07) is 3.87. The van der Waals surface area contributed by atoms with E-state index >= 15 is 0 Å². The zero-order chi connectivity index (χ0) is 17.4. The Morgan fingerprint density at radius 1 is 1.39 bits per heavy atom. The average molecular weight is 327 g/mol. The van der Waals surface area contributed by atoms with E-state index in [1.54, 1.807) is 6.07 Å². The SMILES string of the molecule is COC(=O)c1c(N)c(C#N)cn1-c1ccc(F)c(C(F)(F)F)c1. The molecule has 5 nitrogen and oxygen atoms in total. The van der Waals surface area contributed by atoms with Gasteiger partial charge >= 0.3 is 12.1 Å². The zero-order valence-corrected chi connectivity index (χ0v) is 11.6. The summed E-state index contributed by atoms with van der Waals surface area (Å²) in [6.45, 7) is 0. The number of rotatable bonds is 2. The van der Waals surface area contributed by atoms with Crippen molar-refractivity contribution in [3.63, 3.8) is 0 Å². The predicted octanol–water partition coefficient (Wildman–Crippen LogP) is 2.88. The molecule has 0 saturated heterocycles. The first-order chi connectivity index (χ1) is 10.7. The summed E-state index contributed by atoms with van der Waals surface area (Å²) in [5, 5.41) is 8.95. The average Bonchev–Trinajstić information content (AvgIpc) is 2.82. The van der Waals surface area contributed by atoms with Crippen LogP contribution < -0.4 is 5.73 Å². The minimum Gasteiger partial charge on any atom is -0.464 e. The third-order valence-electron chi connectivity index (χ3n) is 3.08. The van der Waals surface area contributed by atoms with Crippen LogP contribution in [0.4, 0.5) is 23.2 Å². The number of hydrogen-bond acceptors (Lipinski definition) is 4. The Kier molecular flexibility index (Phi) is 4.01. The van der Waals surface area contributed by atoms with Crippen molar-refractivity contribution in [3.05, 3.63) is 47.0 Å². The first kappa shape index (κ1) is 16.4. The maximum atomic E-state index is 13.4. The van der Waals surface area contributed by atoms with Crippen LogP contribution in [0.2, 0.25) is 0 Å². The molecule has 0 spiro atoms. The number of nitrogen functional groups attached to an aromatic ring is 1. The van der Waals surface area contributed by atoms with Crippen LogP contribution in [0.3, 0.4) is 0 Å². The van der Waals surface area contributed by atoms with Gasteiger partial charge in [0.15, 0.2) is 5.69 Å². The van der Waals surface area contributed by atoms with Crippen LogP contribution in [0.5, 0.6) is 0 Å². The minimum absolute atomic E-state index is 0.122. The normalized spacial score (nSPS) is 11.1. The molecule has 0 fully saturated rings. The number of halogens is 4. The van der Waals surface area contributed by atoms with E-state index in [0.29, 0.717) is 12.1 Å². The number of nitrogens with zero attached hydrogens (tertiary/aromatic N) is 2. The van der Waals surface area contributed by atoms with Crippen molar-refractivity contribution in [2.24, 2.45) is 0 Å². The summed E-state index contributed by atoms with van der Waals surface area (Å²) < 4.78 is 57.2. The molecule has 0 amide bonds. The quantitative estimate of drug-likeness (QED) is 0.679.